The van der Waals surface area contributed by atoms with Crippen molar-refractivity contribution in [2.24, 2.45) is 5.92 Å². The molecule has 1 aliphatic heterocycles. The van der Waals surface area contributed by atoms with Crippen LogP contribution in [0.1, 0.15) is 27.7 Å². The summed E-state index contributed by atoms with van der Waals surface area (Å²) in [5.74, 6) is 0.642. The lowest BCUT2D eigenvalue weighted by Gasteiger charge is -2.33. The molecule has 1 amide bonds. The zero-order valence-electron chi connectivity index (χ0n) is 12.0. The summed E-state index contributed by atoms with van der Waals surface area (Å²) in [4.78, 5) is 13.9. The fourth-order valence-electron chi connectivity index (χ4n) is 2.11. The van der Waals surface area contributed by atoms with Crippen LogP contribution < -0.4 is 5.32 Å². The number of hydrogen-bond acceptors (Lipinski definition) is 3. The molecule has 1 aliphatic rings. The second kappa shape index (κ2) is 7.54. The maximum Gasteiger partial charge on any atom is 0.244 e. The first-order chi connectivity index (χ1) is 8.47. The van der Waals surface area contributed by atoms with Gasteiger partial charge in [0.2, 0.25) is 5.91 Å². The van der Waals surface area contributed by atoms with Crippen molar-refractivity contribution >= 4 is 5.91 Å². The van der Waals surface area contributed by atoms with Gasteiger partial charge in [-0.3, -0.25) is 9.69 Å². The van der Waals surface area contributed by atoms with Crippen LogP contribution in [0.3, 0.4) is 0 Å². The van der Waals surface area contributed by atoms with Gasteiger partial charge < -0.3 is 10.1 Å². The average molecular weight is 254 g/mol. The van der Waals surface area contributed by atoms with E-state index in [4.69, 9.17) is 4.74 Å². The predicted octanol–water partition coefficient (Wildman–Crippen LogP) is 1.43. The molecule has 1 rings (SSSR count). The van der Waals surface area contributed by atoms with Crippen molar-refractivity contribution in [3.63, 3.8) is 0 Å². The minimum Gasteiger partial charge on any atom is -0.374 e. The molecule has 1 saturated heterocycles. The highest BCUT2D eigenvalue weighted by Gasteiger charge is 2.20. The van der Waals surface area contributed by atoms with Crippen molar-refractivity contribution in [3.05, 3.63) is 11.6 Å². The molecule has 104 valence electrons. The van der Waals surface area contributed by atoms with Gasteiger partial charge in [-0.1, -0.05) is 19.4 Å². The van der Waals surface area contributed by atoms with Crippen molar-refractivity contribution in [3.8, 4) is 0 Å². The Kier molecular flexibility index (Phi) is 6.36. The van der Waals surface area contributed by atoms with Crippen LogP contribution in [0.2, 0.25) is 0 Å². The normalized spacial score (nSPS) is 20.8. The molecule has 1 N–H and O–H groups in total. The van der Waals surface area contributed by atoms with E-state index in [2.05, 4.69) is 24.1 Å². The third kappa shape index (κ3) is 6.17. The first kappa shape index (κ1) is 15.2. The molecule has 0 aromatic heterocycles. The molecule has 0 radical (unpaired) electrons. The van der Waals surface area contributed by atoms with Crippen LogP contribution in [-0.4, -0.2) is 49.7 Å². The van der Waals surface area contributed by atoms with Crippen LogP contribution >= 0.6 is 0 Å². The second-order valence-electron chi connectivity index (χ2n) is 5.61. The number of morpholine rings is 1. The van der Waals surface area contributed by atoms with E-state index in [1.165, 1.54) is 0 Å². The number of nitrogens with one attached hydrogen (secondary N) is 1. The molecule has 1 heterocycles. The molecule has 18 heavy (non-hydrogen) atoms. The highest BCUT2D eigenvalue weighted by atomic mass is 16.5. The number of hydrogen-bond donors (Lipinski definition) is 1. The third-order valence-corrected chi connectivity index (χ3v) is 2.77. The lowest BCUT2D eigenvalue weighted by molar-refractivity contribution is -0.117. The molecule has 0 aromatic rings. The van der Waals surface area contributed by atoms with E-state index in [9.17, 15) is 4.79 Å². The Bertz CT molecular complexity index is 296. The molecule has 4 nitrogen and oxygen atoms in total. The zero-order chi connectivity index (χ0) is 13.5. The van der Waals surface area contributed by atoms with E-state index in [1.54, 1.807) is 6.08 Å². The van der Waals surface area contributed by atoms with Gasteiger partial charge in [-0.25, -0.2) is 0 Å². The number of carbonyl (C=O) groups excluding carboxylic acids is 1. The summed E-state index contributed by atoms with van der Waals surface area (Å²) in [7, 11) is 0. The van der Waals surface area contributed by atoms with Gasteiger partial charge in [0.25, 0.3) is 0 Å². The molecule has 0 bridgehead atoms. The van der Waals surface area contributed by atoms with Gasteiger partial charge in [0.05, 0.1) is 12.7 Å². The molecular formula is C14H26N2O2. The van der Waals surface area contributed by atoms with Gasteiger partial charge in [0.15, 0.2) is 0 Å². The summed E-state index contributed by atoms with van der Waals surface area (Å²) in [5, 5.41) is 2.89. The molecule has 0 aliphatic carbocycles. The fourth-order valence-corrected chi connectivity index (χ4v) is 2.11. The summed E-state index contributed by atoms with van der Waals surface area (Å²) >= 11 is 0. The Morgan fingerprint density at radius 3 is 2.83 bits per heavy atom. The Hall–Kier alpha value is -0.870. The third-order valence-electron chi connectivity index (χ3n) is 2.77. The second-order valence-corrected chi connectivity index (χ2v) is 5.61. The van der Waals surface area contributed by atoms with E-state index in [0.717, 1.165) is 31.8 Å². The summed E-state index contributed by atoms with van der Waals surface area (Å²) in [6, 6.07) is 0. The molecule has 1 fully saturated rings. The van der Waals surface area contributed by atoms with Crippen LogP contribution in [-0.2, 0) is 9.53 Å². The first-order valence-corrected chi connectivity index (χ1v) is 6.74. The van der Waals surface area contributed by atoms with Crippen LogP contribution in [0.4, 0.5) is 0 Å². The van der Waals surface area contributed by atoms with Gasteiger partial charge in [-0.2, -0.15) is 0 Å². The Labute approximate surface area is 110 Å². The highest BCUT2D eigenvalue weighted by Crippen LogP contribution is 2.07. The number of ether oxygens (including phenoxy) is 1. The maximum atomic E-state index is 11.5. The SMILES string of the molecule is CC(C)=CC(=O)NCC1CN(CC(C)C)CCO1. The average Bonchev–Trinajstić information content (AvgIpc) is 2.25. The number of nitrogens with zero attached hydrogens (tertiary/aromatic N) is 1. The zero-order valence-corrected chi connectivity index (χ0v) is 12.0. The molecule has 0 spiro atoms. The van der Waals surface area contributed by atoms with Crippen LogP contribution in [0.25, 0.3) is 0 Å². The number of amides is 1. The van der Waals surface area contributed by atoms with E-state index in [-0.39, 0.29) is 12.0 Å². The van der Waals surface area contributed by atoms with Crippen molar-refractivity contribution < 1.29 is 9.53 Å². The molecular weight excluding hydrogens is 228 g/mol. The molecule has 4 heteroatoms. The van der Waals surface area contributed by atoms with Gasteiger partial charge in [-0.05, 0) is 19.8 Å². The first-order valence-electron chi connectivity index (χ1n) is 6.74. The Morgan fingerprint density at radius 1 is 1.50 bits per heavy atom. The van der Waals surface area contributed by atoms with Crippen LogP contribution in [0.5, 0.6) is 0 Å². The quantitative estimate of drug-likeness (QED) is 0.755. The maximum absolute atomic E-state index is 11.5. The molecule has 1 atom stereocenters. The van der Waals surface area contributed by atoms with Gasteiger partial charge in [0, 0.05) is 32.3 Å². The monoisotopic (exact) mass is 254 g/mol. The molecule has 1 unspecified atom stereocenters. The van der Waals surface area contributed by atoms with E-state index < -0.39 is 0 Å². The smallest absolute Gasteiger partial charge is 0.244 e. The van der Waals surface area contributed by atoms with Crippen molar-refractivity contribution in [1.82, 2.24) is 10.2 Å². The van der Waals surface area contributed by atoms with Gasteiger partial charge >= 0.3 is 0 Å². The van der Waals surface area contributed by atoms with E-state index in [0.29, 0.717) is 12.5 Å². The van der Waals surface area contributed by atoms with Crippen LogP contribution in [0.15, 0.2) is 11.6 Å². The van der Waals surface area contributed by atoms with Crippen molar-refractivity contribution in [2.75, 3.05) is 32.8 Å². The minimum absolute atomic E-state index is 0.0282. The number of allylic oxidation sites excluding steroid dienone is 1. The largest absolute Gasteiger partial charge is 0.374 e. The van der Waals surface area contributed by atoms with Gasteiger partial charge in [0.1, 0.15) is 0 Å². The molecule has 0 saturated carbocycles. The summed E-state index contributed by atoms with van der Waals surface area (Å²) in [6.07, 6.45) is 1.74. The van der Waals surface area contributed by atoms with Gasteiger partial charge in [-0.15, -0.1) is 0 Å². The topological polar surface area (TPSA) is 41.6 Å². The van der Waals surface area contributed by atoms with E-state index >= 15 is 0 Å². The van der Waals surface area contributed by atoms with Crippen LogP contribution in [0, 0.1) is 5.92 Å². The fraction of sp³-hybridized carbons (Fsp3) is 0.786. The Morgan fingerprint density at radius 2 is 2.22 bits per heavy atom. The summed E-state index contributed by atoms with van der Waals surface area (Å²) in [6.45, 7) is 12.6. The Balaban J connectivity index is 2.30. The standard InChI is InChI=1S/C14H26N2O2/c1-11(2)7-14(17)15-8-13-10-16(5-6-18-13)9-12(3)4/h7,12-13H,5-6,8-10H2,1-4H3,(H,15,17). The predicted molar refractivity (Wildman–Crippen MR) is 73.5 cm³/mol. The lowest BCUT2D eigenvalue weighted by atomic mass is 10.2. The van der Waals surface area contributed by atoms with Crippen molar-refractivity contribution in [1.29, 1.82) is 0 Å². The summed E-state index contributed by atoms with van der Waals surface area (Å²) < 4.78 is 5.67. The highest BCUT2D eigenvalue weighted by molar-refractivity contribution is 5.88. The van der Waals surface area contributed by atoms with Crippen molar-refractivity contribution in [2.45, 2.75) is 33.8 Å². The minimum atomic E-state index is -0.0282. The summed E-state index contributed by atoms with van der Waals surface area (Å²) in [5.41, 5.74) is 1.01. The number of carbonyl (C=O) groups is 1. The molecule has 0 aromatic carbocycles. The lowest BCUT2D eigenvalue weighted by Crippen LogP contribution is -2.48. The van der Waals surface area contributed by atoms with E-state index in [1.807, 2.05) is 13.8 Å². The number of rotatable bonds is 5.